The molecule has 1 aliphatic heterocycles. The van der Waals surface area contributed by atoms with E-state index in [4.69, 9.17) is 9.47 Å². The molecule has 0 radical (unpaired) electrons. The molecule has 0 saturated carbocycles. The Kier molecular flexibility index (Phi) is 5.25. The first-order valence-corrected chi connectivity index (χ1v) is 8.47. The minimum Gasteiger partial charge on any atom is -0.493 e. The maximum atomic E-state index is 14.2. The summed E-state index contributed by atoms with van der Waals surface area (Å²) < 4.78 is 51.0. The van der Waals surface area contributed by atoms with Crippen molar-refractivity contribution >= 4 is 10.0 Å². The fourth-order valence-corrected chi connectivity index (χ4v) is 4.15. The number of hydrogen-bond donors (Lipinski definition) is 1. The lowest BCUT2D eigenvalue weighted by molar-refractivity contribution is 0.291. The third kappa shape index (κ3) is 3.18. The minimum atomic E-state index is -3.91. The van der Waals surface area contributed by atoms with E-state index in [-0.39, 0.29) is 22.4 Å². The van der Waals surface area contributed by atoms with E-state index in [1.807, 2.05) is 0 Å². The Balaban J connectivity index is 2.40. The van der Waals surface area contributed by atoms with Gasteiger partial charge in [-0.05, 0) is 19.9 Å². The summed E-state index contributed by atoms with van der Waals surface area (Å²) in [5, 5.41) is 3.07. The van der Waals surface area contributed by atoms with Gasteiger partial charge in [-0.1, -0.05) is 0 Å². The highest BCUT2D eigenvalue weighted by Crippen LogP contribution is 2.33. The predicted octanol–water partition coefficient (Wildman–Crippen LogP) is 1.22. The molecule has 22 heavy (non-hydrogen) atoms. The van der Waals surface area contributed by atoms with Gasteiger partial charge in [0.15, 0.2) is 11.5 Å². The molecule has 0 bridgehead atoms. The van der Waals surface area contributed by atoms with Crippen molar-refractivity contribution in [2.75, 3.05) is 34.4 Å². The Morgan fingerprint density at radius 2 is 1.91 bits per heavy atom. The summed E-state index contributed by atoms with van der Waals surface area (Å²) in [6.07, 6.45) is 1.64. The van der Waals surface area contributed by atoms with Gasteiger partial charge in [-0.25, -0.2) is 12.8 Å². The fourth-order valence-electron chi connectivity index (χ4n) is 2.57. The summed E-state index contributed by atoms with van der Waals surface area (Å²) in [4.78, 5) is -0.387. The molecule has 0 aliphatic carbocycles. The number of benzene rings is 1. The van der Waals surface area contributed by atoms with Gasteiger partial charge in [0.05, 0.1) is 14.2 Å². The number of hydrogen-bond acceptors (Lipinski definition) is 5. The van der Waals surface area contributed by atoms with Gasteiger partial charge in [0, 0.05) is 31.3 Å². The van der Waals surface area contributed by atoms with E-state index in [0.29, 0.717) is 13.1 Å². The van der Waals surface area contributed by atoms with Gasteiger partial charge >= 0.3 is 0 Å². The van der Waals surface area contributed by atoms with Gasteiger partial charge < -0.3 is 14.8 Å². The zero-order valence-corrected chi connectivity index (χ0v) is 13.7. The molecule has 1 fully saturated rings. The van der Waals surface area contributed by atoms with E-state index in [1.54, 1.807) is 7.05 Å². The van der Waals surface area contributed by atoms with Crippen LogP contribution in [0.4, 0.5) is 4.39 Å². The largest absolute Gasteiger partial charge is 0.493 e. The third-order valence-electron chi connectivity index (χ3n) is 3.85. The van der Waals surface area contributed by atoms with Crippen molar-refractivity contribution in [1.82, 2.24) is 9.62 Å². The van der Waals surface area contributed by atoms with Crippen LogP contribution in [0.1, 0.15) is 12.8 Å². The van der Waals surface area contributed by atoms with Gasteiger partial charge in [0.25, 0.3) is 0 Å². The third-order valence-corrected chi connectivity index (χ3v) is 5.73. The molecule has 1 aromatic rings. The van der Waals surface area contributed by atoms with Crippen LogP contribution in [0.2, 0.25) is 0 Å². The molecule has 0 amide bonds. The molecule has 1 atom stereocenters. The first kappa shape index (κ1) is 17.0. The number of nitrogens with one attached hydrogen (secondary N) is 1. The lowest BCUT2D eigenvalue weighted by Gasteiger charge is -2.31. The Morgan fingerprint density at radius 3 is 2.50 bits per heavy atom. The number of ether oxygens (including phenoxy) is 2. The summed E-state index contributed by atoms with van der Waals surface area (Å²) in [6.45, 7) is 0.709. The maximum absolute atomic E-state index is 14.2. The first-order valence-electron chi connectivity index (χ1n) is 7.03. The molecule has 1 saturated heterocycles. The van der Waals surface area contributed by atoms with Gasteiger partial charge in [-0.15, -0.1) is 0 Å². The topological polar surface area (TPSA) is 67.9 Å². The summed E-state index contributed by atoms with van der Waals surface area (Å²) in [5.41, 5.74) is 0. The highest BCUT2D eigenvalue weighted by molar-refractivity contribution is 7.89. The number of likely N-dealkylation sites (N-methyl/N-ethyl adjacent to an activating group) is 1. The molecule has 8 heteroatoms. The number of halogens is 1. The van der Waals surface area contributed by atoms with E-state index in [0.717, 1.165) is 18.9 Å². The standard InChI is InChI=1S/C14H21FN2O4S/c1-16-10-5-4-6-17(9-10)22(18,19)14-8-13(21-3)12(20-2)7-11(14)15/h7-8,10,16H,4-6,9H2,1-3H3. The van der Waals surface area contributed by atoms with Crippen LogP contribution >= 0.6 is 0 Å². The molecule has 0 spiro atoms. The smallest absolute Gasteiger partial charge is 0.246 e. The first-order chi connectivity index (χ1) is 10.4. The predicted molar refractivity (Wildman–Crippen MR) is 80.3 cm³/mol. The molecule has 1 heterocycles. The van der Waals surface area contributed by atoms with Crippen molar-refractivity contribution < 1.29 is 22.3 Å². The molecule has 0 aromatic heterocycles. The van der Waals surface area contributed by atoms with Crippen LogP contribution in [0.15, 0.2) is 17.0 Å². The fraction of sp³-hybridized carbons (Fsp3) is 0.571. The van der Waals surface area contributed by atoms with Gasteiger partial charge in [-0.3, -0.25) is 0 Å². The van der Waals surface area contributed by atoms with Crippen molar-refractivity contribution in [2.45, 2.75) is 23.8 Å². The van der Waals surface area contributed by atoms with Crippen molar-refractivity contribution in [1.29, 1.82) is 0 Å². The van der Waals surface area contributed by atoms with Crippen LogP contribution in [-0.4, -0.2) is 53.1 Å². The van der Waals surface area contributed by atoms with Gasteiger partial charge in [0.1, 0.15) is 10.7 Å². The second kappa shape index (κ2) is 6.80. The second-order valence-electron chi connectivity index (χ2n) is 5.13. The van der Waals surface area contributed by atoms with Crippen LogP contribution in [0.5, 0.6) is 11.5 Å². The van der Waals surface area contributed by atoms with Gasteiger partial charge in [-0.2, -0.15) is 4.31 Å². The number of rotatable bonds is 5. The van der Waals surface area contributed by atoms with Crippen LogP contribution < -0.4 is 14.8 Å². The Hall–Kier alpha value is -1.38. The summed E-state index contributed by atoms with van der Waals surface area (Å²) >= 11 is 0. The zero-order chi connectivity index (χ0) is 16.3. The lowest BCUT2D eigenvalue weighted by Crippen LogP contribution is -2.47. The Bertz CT molecular complexity index is 636. The maximum Gasteiger partial charge on any atom is 0.246 e. The molecule has 1 aromatic carbocycles. The second-order valence-corrected chi connectivity index (χ2v) is 7.03. The molecular formula is C14H21FN2O4S. The van der Waals surface area contributed by atoms with Crippen LogP contribution in [0, 0.1) is 5.82 Å². The van der Waals surface area contributed by atoms with Crippen molar-refractivity contribution in [2.24, 2.45) is 0 Å². The summed E-state index contributed by atoms with van der Waals surface area (Å²) in [6, 6.07) is 2.28. The summed E-state index contributed by atoms with van der Waals surface area (Å²) in [7, 11) is 0.627. The number of sulfonamides is 1. The highest BCUT2D eigenvalue weighted by atomic mass is 32.2. The van der Waals surface area contributed by atoms with E-state index in [2.05, 4.69) is 5.32 Å². The van der Waals surface area contributed by atoms with E-state index >= 15 is 0 Å². The Labute approximate surface area is 130 Å². The molecule has 1 unspecified atom stereocenters. The lowest BCUT2D eigenvalue weighted by atomic mass is 10.1. The van der Waals surface area contributed by atoms with Crippen LogP contribution in [-0.2, 0) is 10.0 Å². The van der Waals surface area contributed by atoms with Gasteiger partial charge in [0.2, 0.25) is 10.0 Å². The van der Waals surface area contributed by atoms with E-state index in [1.165, 1.54) is 24.6 Å². The molecule has 6 nitrogen and oxygen atoms in total. The number of nitrogens with zero attached hydrogens (tertiary/aromatic N) is 1. The monoisotopic (exact) mass is 332 g/mol. The van der Waals surface area contributed by atoms with Crippen molar-refractivity contribution in [3.63, 3.8) is 0 Å². The van der Waals surface area contributed by atoms with Crippen molar-refractivity contribution in [3.05, 3.63) is 17.9 Å². The molecule has 1 aliphatic rings. The van der Waals surface area contributed by atoms with Crippen LogP contribution in [0.3, 0.4) is 0 Å². The normalized spacial score (nSPS) is 19.9. The SMILES string of the molecule is CNC1CCCN(S(=O)(=O)c2cc(OC)c(OC)cc2F)C1. The quantitative estimate of drug-likeness (QED) is 0.878. The van der Waals surface area contributed by atoms with E-state index < -0.39 is 15.8 Å². The molecular weight excluding hydrogens is 311 g/mol. The van der Waals surface area contributed by atoms with Crippen molar-refractivity contribution in [3.8, 4) is 11.5 Å². The molecule has 2 rings (SSSR count). The minimum absolute atomic E-state index is 0.0757. The molecule has 124 valence electrons. The highest BCUT2D eigenvalue weighted by Gasteiger charge is 2.32. The summed E-state index contributed by atoms with van der Waals surface area (Å²) in [5.74, 6) is -0.500. The van der Waals surface area contributed by atoms with Crippen LogP contribution in [0.25, 0.3) is 0 Å². The number of methoxy groups -OCH3 is 2. The average Bonchev–Trinajstić information content (AvgIpc) is 2.54. The van der Waals surface area contributed by atoms with E-state index in [9.17, 15) is 12.8 Å². The number of piperidine rings is 1. The molecule has 1 N–H and O–H groups in total. The Morgan fingerprint density at radius 1 is 1.27 bits per heavy atom. The average molecular weight is 332 g/mol. The zero-order valence-electron chi connectivity index (χ0n) is 12.9.